The van der Waals surface area contributed by atoms with Gasteiger partial charge in [0.1, 0.15) is 16.6 Å². The Labute approximate surface area is 95.5 Å². The van der Waals surface area contributed by atoms with E-state index in [0.29, 0.717) is 21.4 Å². The maximum atomic E-state index is 13.5. The second-order valence-electron chi connectivity index (χ2n) is 3.08. The molecule has 0 aliphatic heterocycles. The van der Waals surface area contributed by atoms with E-state index in [2.05, 4.69) is 4.98 Å². The van der Waals surface area contributed by atoms with Crippen LogP contribution in [-0.2, 0) is 0 Å². The lowest BCUT2D eigenvalue weighted by molar-refractivity contribution is 0.631. The first kappa shape index (κ1) is 10.4. The molecule has 2 aromatic rings. The monoisotopic (exact) mass is 242 g/mol. The number of hydrogen-bond donors (Lipinski definition) is 1. The van der Waals surface area contributed by atoms with Crippen LogP contribution in [0, 0.1) is 12.7 Å². The number of nitrogens with two attached hydrogens (primary N) is 1. The van der Waals surface area contributed by atoms with Crippen LogP contribution < -0.4 is 5.73 Å². The van der Waals surface area contributed by atoms with Crippen LogP contribution in [0.5, 0.6) is 0 Å². The minimum Gasteiger partial charge on any atom is -0.383 e. The molecular weight excluding hydrogens is 235 g/mol. The Bertz CT molecular complexity index is 491. The highest BCUT2D eigenvalue weighted by Gasteiger charge is 2.11. The molecule has 0 aliphatic rings. The number of anilines is 1. The third kappa shape index (κ3) is 1.96. The van der Waals surface area contributed by atoms with E-state index >= 15 is 0 Å². The summed E-state index contributed by atoms with van der Waals surface area (Å²) in [5.41, 5.74) is 6.01. The second kappa shape index (κ2) is 3.79. The van der Waals surface area contributed by atoms with Crippen LogP contribution in [0.15, 0.2) is 18.2 Å². The number of nitrogen functional groups attached to an aromatic ring is 1. The predicted octanol–water partition coefficient (Wildman–Crippen LogP) is 3.49. The normalized spacial score (nSPS) is 10.6. The number of halogens is 2. The zero-order valence-electron chi connectivity index (χ0n) is 7.92. The molecule has 0 unspecified atom stereocenters. The molecule has 15 heavy (non-hydrogen) atoms. The molecule has 1 heterocycles. The van der Waals surface area contributed by atoms with Crippen molar-refractivity contribution >= 4 is 28.8 Å². The van der Waals surface area contributed by atoms with E-state index in [1.165, 1.54) is 23.5 Å². The van der Waals surface area contributed by atoms with Gasteiger partial charge < -0.3 is 5.73 Å². The van der Waals surface area contributed by atoms with Crippen LogP contribution >= 0.6 is 22.9 Å². The highest BCUT2D eigenvalue weighted by Crippen LogP contribution is 2.32. The fourth-order valence-electron chi connectivity index (χ4n) is 1.18. The van der Waals surface area contributed by atoms with Gasteiger partial charge in [-0.3, -0.25) is 0 Å². The summed E-state index contributed by atoms with van der Waals surface area (Å²) < 4.78 is 13.5. The van der Waals surface area contributed by atoms with Gasteiger partial charge in [-0.2, -0.15) is 0 Å². The number of nitrogens with zero attached hydrogens (tertiary/aromatic N) is 1. The van der Waals surface area contributed by atoms with Gasteiger partial charge in [-0.1, -0.05) is 11.6 Å². The van der Waals surface area contributed by atoms with Gasteiger partial charge >= 0.3 is 0 Å². The maximum Gasteiger partial charge on any atom is 0.138 e. The van der Waals surface area contributed by atoms with Crippen molar-refractivity contribution in [1.82, 2.24) is 4.98 Å². The third-order valence-electron chi connectivity index (χ3n) is 1.99. The molecular formula is C10H8ClFN2S. The van der Waals surface area contributed by atoms with E-state index in [1.54, 1.807) is 6.07 Å². The summed E-state index contributed by atoms with van der Waals surface area (Å²) in [6.07, 6.45) is 0. The van der Waals surface area contributed by atoms with E-state index in [9.17, 15) is 4.39 Å². The molecule has 5 heteroatoms. The number of thiazole rings is 1. The van der Waals surface area contributed by atoms with E-state index in [1.807, 2.05) is 6.92 Å². The smallest absolute Gasteiger partial charge is 0.138 e. The standard InChI is InChI=1S/C10H8ClFN2S/c1-5-9(13)14-10(15-5)7-4-6(11)2-3-8(7)12/h2-4H,13H2,1H3. The van der Waals surface area contributed by atoms with E-state index in [4.69, 9.17) is 17.3 Å². The number of rotatable bonds is 1. The quantitative estimate of drug-likeness (QED) is 0.831. The summed E-state index contributed by atoms with van der Waals surface area (Å²) in [4.78, 5) is 4.96. The molecule has 0 atom stereocenters. The van der Waals surface area contributed by atoms with Crippen LogP contribution in [0.3, 0.4) is 0 Å². The SMILES string of the molecule is Cc1sc(-c2cc(Cl)ccc2F)nc1N. The van der Waals surface area contributed by atoms with Crippen molar-refractivity contribution < 1.29 is 4.39 Å². The van der Waals surface area contributed by atoms with Gasteiger partial charge in [0.2, 0.25) is 0 Å². The lowest BCUT2D eigenvalue weighted by atomic mass is 10.2. The van der Waals surface area contributed by atoms with Crippen molar-refractivity contribution in [2.24, 2.45) is 0 Å². The zero-order valence-corrected chi connectivity index (χ0v) is 9.49. The van der Waals surface area contributed by atoms with Crippen molar-refractivity contribution in [3.8, 4) is 10.6 Å². The molecule has 78 valence electrons. The topological polar surface area (TPSA) is 38.9 Å². The summed E-state index contributed by atoms with van der Waals surface area (Å²) in [6.45, 7) is 1.85. The molecule has 2 N–H and O–H groups in total. The number of benzene rings is 1. The lowest BCUT2D eigenvalue weighted by Crippen LogP contribution is -1.87. The molecule has 1 aromatic carbocycles. The van der Waals surface area contributed by atoms with Crippen molar-refractivity contribution in [2.45, 2.75) is 6.92 Å². The van der Waals surface area contributed by atoms with Gasteiger partial charge in [-0.25, -0.2) is 9.37 Å². The molecule has 0 saturated carbocycles. The van der Waals surface area contributed by atoms with Crippen LogP contribution in [0.1, 0.15) is 4.88 Å². The first-order chi connectivity index (χ1) is 7.08. The number of aryl methyl sites for hydroxylation is 1. The van der Waals surface area contributed by atoms with Crippen molar-refractivity contribution in [2.75, 3.05) is 5.73 Å². The molecule has 0 bridgehead atoms. The Morgan fingerprint density at radius 3 is 2.80 bits per heavy atom. The summed E-state index contributed by atoms with van der Waals surface area (Å²) >= 11 is 7.15. The van der Waals surface area contributed by atoms with E-state index in [0.717, 1.165) is 4.88 Å². The minimum atomic E-state index is -0.340. The molecule has 1 aromatic heterocycles. The predicted molar refractivity (Wildman–Crippen MR) is 61.7 cm³/mol. The van der Waals surface area contributed by atoms with Gasteiger partial charge in [0, 0.05) is 15.5 Å². The Kier molecular flexibility index (Phi) is 2.63. The van der Waals surface area contributed by atoms with Crippen LogP contribution in [0.4, 0.5) is 10.2 Å². The summed E-state index contributed by atoms with van der Waals surface area (Å²) in [5, 5.41) is 1.04. The Morgan fingerprint density at radius 2 is 2.20 bits per heavy atom. The molecule has 0 fully saturated rings. The molecule has 0 radical (unpaired) electrons. The molecule has 2 rings (SSSR count). The van der Waals surface area contributed by atoms with Crippen LogP contribution in [0.2, 0.25) is 5.02 Å². The average molecular weight is 243 g/mol. The van der Waals surface area contributed by atoms with Gasteiger partial charge in [0.25, 0.3) is 0 Å². The van der Waals surface area contributed by atoms with E-state index < -0.39 is 0 Å². The van der Waals surface area contributed by atoms with Gasteiger partial charge in [0.15, 0.2) is 0 Å². The lowest BCUT2D eigenvalue weighted by Gasteiger charge is -1.98. The first-order valence-electron chi connectivity index (χ1n) is 4.26. The van der Waals surface area contributed by atoms with E-state index in [-0.39, 0.29) is 5.82 Å². The van der Waals surface area contributed by atoms with Gasteiger partial charge in [-0.15, -0.1) is 11.3 Å². The summed E-state index contributed by atoms with van der Waals surface area (Å²) in [7, 11) is 0. The largest absolute Gasteiger partial charge is 0.383 e. The van der Waals surface area contributed by atoms with Gasteiger partial charge in [-0.05, 0) is 25.1 Å². The first-order valence-corrected chi connectivity index (χ1v) is 5.45. The number of hydrogen-bond acceptors (Lipinski definition) is 3. The Morgan fingerprint density at radius 1 is 1.47 bits per heavy atom. The molecule has 0 aliphatic carbocycles. The average Bonchev–Trinajstić information content (AvgIpc) is 2.51. The second-order valence-corrected chi connectivity index (χ2v) is 4.72. The maximum absolute atomic E-state index is 13.5. The number of aromatic nitrogens is 1. The third-order valence-corrected chi connectivity index (χ3v) is 3.25. The zero-order chi connectivity index (χ0) is 11.0. The van der Waals surface area contributed by atoms with Crippen molar-refractivity contribution in [1.29, 1.82) is 0 Å². The summed E-state index contributed by atoms with van der Waals surface area (Å²) in [5.74, 6) is 0.0996. The Balaban J connectivity index is 2.58. The molecule has 2 nitrogen and oxygen atoms in total. The van der Waals surface area contributed by atoms with Crippen LogP contribution in [0.25, 0.3) is 10.6 Å². The van der Waals surface area contributed by atoms with Crippen LogP contribution in [-0.4, -0.2) is 4.98 Å². The highest BCUT2D eigenvalue weighted by atomic mass is 35.5. The Hall–Kier alpha value is -1.13. The summed E-state index contributed by atoms with van der Waals surface area (Å²) in [6, 6.07) is 4.38. The van der Waals surface area contributed by atoms with Gasteiger partial charge in [0.05, 0.1) is 0 Å². The molecule has 0 amide bonds. The molecule has 0 spiro atoms. The van der Waals surface area contributed by atoms with Crippen molar-refractivity contribution in [3.63, 3.8) is 0 Å². The fourth-order valence-corrected chi connectivity index (χ4v) is 2.21. The molecule has 0 saturated heterocycles. The van der Waals surface area contributed by atoms with Crippen molar-refractivity contribution in [3.05, 3.63) is 33.9 Å². The minimum absolute atomic E-state index is 0.340. The fraction of sp³-hybridized carbons (Fsp3) is 0.100. The highest BCUT2D eigenvalue weighted by molar-refractivity contribution is 7.15.